The molecule has 0 aromatic carbocycles. The summed E-state index contributed by atoms with van der Waals surface area (Å²) in [6.45, 7) is 9.69. The Morgan fingerprint density at radius 2 is 2.00 bits per heavy atom. The molecule has 1 aliphatic rings. The van der Waals surface area contributed by atoms with Crippen LogP contribution in [-0.2, 0) is 4.74 Å². The smallest absolute Gasteiger partial charge is 0.189 e. The predicted molar refractivity (Wildman–Crippen MR) is 77.5 cm³/mol. The van der Waals surface area contributed by atoms with Crippen LogP contribution in [0.25, 0.3) is 0 Å². The lowest BCUT2D eigenvalue weighted by atomic mass is 10.2. The van der Waals surface area contributed by atoms with Gasteiger partial charge in [0.05, 0.1) is 12.6 Å². The number of nitrogens with zero attached hydrogens (tertiary/aromatic N) is 2. The van der Waals surface area contributed by atoms with E-state index >= 15 is 0 Å². The predicted octanol–water partition coefficient (Wildman–Crippen LogP) is 3.04. The van der Waals surface area contributed by atoms with Gasteiger partial charge in [-0.05, 0) is 26.5 Å². The summed E-state index contributed by atoms with van der Waals surface area (Å²) in [6, 6.07) is 0.391. The Morgan fingerprint density at radius 3 is 2.56 bits per heavy atom. The van der Waals surface area contributed by atoms with E-state index in [-0.39, 0.29) is 0 Å². The Labute approximate surface area is 114 Å². The van der Waals surface area contributed by atoms with Crippen molar-refractivity contribution in [2.75, 3.05) is 24.8 Å². The maximum atomic E-state index is 5.34. The molecule has 0 aliphatic carbocycles. The van der Waals surface area contributed by atoms with Crippen molar-refractivity contribution in [3.8, 4) is 0 Å². The molecule has 1 aliphatic heterocycles. The summed E-state index contributed by atoms with van der Waals surface area (Å²) in [5, 5.41) is 4.26. The van der Waals surface area contributed by atoms with Crippen LogP contribution in [0.4, 0.5) is 5.82 Å². The number of ether oxygens (including phenoxy) is 1. The Kier molecular flexibility index (Phi) is 6.43. The Morgan fingerprint density at radius 1 is 1.28 bits per heavy atom. The molecule has 1 aromatic heterocycles. The van der Waals surface area contributed by atoms with Crippen LogP contribution in [0.5, 0.6) is 0 Å². The van der Waals surface area contributed by atoms with E-state index in [9.17, 15) is 0 Å². The highest BCUT2D eigenvalue weighted by Gasteiger charge is 2.17. The lowest BCUT2D eigenvalue weighted by Crippen LogP contribution is -2.21. The number of hydrogen-bond donors (Lipinski definition) is 1. The normalized spacial score (nSPS) is 18.2. The van der Waals surface area contributed by atoms with Gasteiger partial charge < -0.3 is 10.1 Å². The fourth-order valence-corrected chi connectivity index (χ4v) is 2.09. The van der Waals surface area contributed by atoms with Gasteiger partial charge in [-0.1, -0.05) is 25.6 Å². The van der Waals surface area contributed by atoms with Crippen LogP contribution >= 0.6 is 11.8 Å². The fraction of sp³-hybridized carbons (Fsp3) is 0.692. The van der Waals surface area contributed by atoms with E-state index in [2.05, 4.69) is 22.2 Å². The van der Waals surface area contributed by atoms with Crippen molar-refractivity contribution in [1.29, 1.82) is 0 Å². The molecule has 1 atom stereocenters. The summed E-state index contributed by atoms with van der Waals surface area (Å²) < 4.78 is 5.34. The summed E-state index contributed by atoms with van der Waals surface area (Å²) in [5.74, 6) is 0.951. The molecule has 102 valence electrons. The van der Waals surface area contributed by atoms with Gasteiger partial charge in [0.2, 0.25) is 0 Å². The molecule has 0 amide bonds. The second-order valence-corrected chi connectivity index (χ2v) is 4.75. The first-order chi connectivity index (χ1) is 8.70. The number of aryl methyl sites for hydroxylation is 1. The minimum absolute atomic E-state index is 0.391. The first-order valence-corrected chi connectivity index (χ1v) is 7.66. The van der Waals surface area contributed by atoms with E-state index in [0.717, 1.165) is 41.9 Å². The second-order valence-electron chi connectivity index (χ2n) is 3.97. The molecule has 0 radical (unpaired) electrons. The average Bonchev–Trinajstić information content (AvgIpc) is 2.90. The molecule has 1 saturated heterocycles. The van der Waals surface area contributed by atoms with Crippen molar-refractivity contribution in [2.24, 2.45) is 0 Å². The lowest BCUT2D eigenvalue weighted by Gasteiger charge is -2.15. The van der Waals surface area contributed by atoms with Gasteiger partial charge in [-0.15, -0.1) is 0 Å². The number of hydrogen-bond acceptors (Lipinski definition) is 5. The van der Waals surface area contributed by atoms with Gasteiger partial charge in [-0.3, -0.25) is 0 Å². The van der Waals surface area contributed by atoms with E-state index < -0.39 is 0 Å². The monoisotopic (exact) mass is 269 g/mol. The average molecular weight is 269 g/mol. The largest absolute Gasteiger partial charge is 0.379 e. The maximum Gasteiger partial charge on any atom is 0.189 e. The third-order valence-corrected chi connectivity index (χ3v) is 3.37. The van der Waals surface area contributed by atoms with E-state index in [0.29, 0.717) is 6.04 Å². The molecule has 0 saturated carbocycles. The van der Waals surface area contributed by atoms with Gasteiger partial charge in [0.15, 0.2) is 5.16 Å². The molecule has 5 heteroatoms. The van der Waals surface area contributed by atoms with Gasteiger partial charge in [0.1, 0.15) is 5.82 Å². The highest BCUT2D eigenvalue weighted by atomic mass is 32.2. The Balaban J connectivity index is 0.000000771. The highest BCUT2D eigenvalue weighted by molar-refractivity contribution is 7.98. The van der Waals surface area contributed by atoms with Crippen LogP contribution in [0.2, 0.25) is 0 Å². The van der Waals surface area contributed by atoms with Gasteiger partial charge in [0.25, 0.3) is 0 Å². The van der Waals surface area contributed by atoms with E-state index in [1.165, 1.54) is 0 Å². The molecule has 0 bridgehead atoms. The Hall–Kier alpha value is -0.810. The number of thioether (sulfide) groups is 1. The van der Waals surface area contributed by atoms with Gasteiger partial charge in [-0.25, -0.2) is 9.97 Å². The molecule has 18 heavy (non-hydrogen) atoms. The van der Waals surface area contributed by atoms with Crippen LogP contribution in [-0.4, -0.2) is 35.5 Å². The third-order valence-electron chi connectivity index (χ3n) is 2.82. The summed E-state index contributed by atoms with van der Waals surface area (Å²) in [7, 11) is 0. The summed E-state index contributed by atoms with van der Waals surface area (Å²) in [5.41, 5.74) is 2.17. The van der Waals surface area contributed by atoms with Crippen LogP contribution in [0.1, 0.15) is 31.5 Å². The highest BCUT2D eigenvalue weighted by Crippen LogP contribution is 2.21. The first kappa shape index (κ1) is 15.2. The zero-order valence-electron chi connectivity index (χ0n) is 11.9. The lowest BCUT2D eigenvalue weighted by molar-refractivity contribution is 0.195. The van der Waals surface area contributed by atoms with Crippen molar-refractivity contribution in [3.63, 3.8) is 0 Å². The van der Waals surface area contributed by atoms with Crippen molar-refractivity contribution in [1.82, 2.24) is 9.97 Å². The minimum Gasteiger partial charge on any atom is -0.379 e. The molecule has 2 rings (SSSR count). The molecule has 1 unspecified atom stereocenters. The number of anilines is 1. The quantitative estimate of drug-likeness (QED) is 0.675. The maximum absolute atomic E-state index is 5.34. The van der Waals surface area contributed by atoms with Crippen LogP contribution < -0.4 is 5.32 Å². The molecular weight excluding hydrogens is 246 g/mol. The molecule has 2 heterocycles. The Bertz CT molecular complexity index is 379. The summed E-state index contributed by atoms with van der Waals surface area (Å²) in [4.78, 5) is 8.91. The van der Waals surface area contributed by atoms with Crippen LogP contribution in [0, 0.1) is 13.8 Å². The van der Waals surface area contributed by atoms with Crippen molar-refractivity contribution in [2.45, 2.75) is 45.3 Å². The van der Waals surface area contributed by atoms with Gasteiger partial charge >= 0.3 is 0 Å². The molecular formula is C13H23N3OS. The second kappa shape index (κ2) is 7.59. The van der Waals surface area contributed by atoms with Crippen molar-refractivity contribution >= 4 is 17.6 Å². The third kappa shape index (κ3) is 3.85. The van der Waals surface area contributed by atoms with Crippen molar-refractivity contribution in [3.05, 3.63) is 11.3 Å². The summed E-state index contributed by atoms with van der Waals surface area (Å²) >= 11 is 1.57. The number of nitrogens with one attached hydrogen (secondary N) is 1. The first-order valence-electron chi connectivity index (χ1n) is 6.44. The number of rotatable bonds is 3. The van der Waals surface area contributed by atoms with Crippen LogP contribution in [0.15, 0.2) is 5.16 Å². The zero-order chi connectivity index (χ0) is 13.5. The van der Waals surface area contributed by atoms with Gasteiger partial charge in [0, 0.05) is 17.9 Å². The standard InChI is InChI=1S/C11H17N3OS.C2H6/c1-7-8(2)12-11(16-3)14-10(7)13-9-4-5-15-6-9;1-2/h9H,4-6H2,1-3H3,(H,12,13,14);1-2H3. The van der Waals surface area contributed by atoms with E-state index in [1.807, 2.05) is 27.0 Å². The van der Waals surface area contributed by atoms with E-state index in [4.69, 9.17) is 4.74 Å². The molecule has 4 nitrogen and oxygen atoms in total. The van der Waals surface area contributed by atoms with E-state index in [1.54, 1.807) is 11.8 Å². The molecule has 1 fully saturated rings. The topological polar surface area (TPSA) is 47.0 Å². The fourth-order valence-electron chi connectivity index (χ4n) is 1.68. The number of aromatic nitrogens is 2. The SMILES string of the molecule is CC.CSc1nc(C)c(C)c(NC2CCOC2)n1. The molecule has 1 aromatic rings. The van der Waals surface area contributed by atoms with Crippen LogP contribution in [0.3, 0.4) is 0 Å². The summed E-state index contributed by atoms with van der Waals surface area (Å²) in [6.07, 6.45) is 3.05. The zero-order valence-corrected chi connectivity index (χ0v) is 12.7. The molecule has 0 spiro atoms. The van der Waals surface area contributed by atoms with Gasteiger partial charge in [-0.2, -0.15) is 0 Å². The minimum atomic E-state index is 0.391. The van der Waals surface area contributed by atoms with Crippen molar-refractivity contribution < 1.29 is 4.74 Å². The molecule has 1 N–H and O–H groups in total.